The Morgan fingerprint density at radius 3 is 1.04 bits per heavy atom. The number of rotatable bonds is 2. The molecule has 0 aromatic heterocycles. The Morgan fingerprint density at radius 1 is 0.304 bits per heavy atom. The molecule has 0 fully saturated rings. The van der Waals surface area contributed by atoms with Gasteiger partial charge in [0.2, 0.25) is 17.5 Å². The number of allylic oxidation sites excluding steroid dienone is 5. The molecule has 0 saturated carbocycles. The zero-order valence-electron chi connectivity index (χ0n) is 20.6. The van der Waals surface area contributed by atoms with E-state index in [0.717, 1.165) is 0 Å². The van der Waals surface area contributed by atoms with E-state index in [1.54, 1.807) is 0 Å². The van der Waals surface area contributed by atoms with Crippen LogP contribution in [0.1, 0.15) is 22.3 Å². The van der Waals surface area contributed by atoms with Crippen LogP contribution in [-0.4, -0.2) is 5.92 Å². The number of hydrogen-bond donors (Lipinski definition) is 0. The van der Waals surface area contributed by atoms with Crippen LogP contribution in [-0.2, 0) is 5.67 Å². The molecule has 46 heavy (non-hydrogen) atoms. The number of fused-ring (bicyclic) bond motifs is 2. The second-order valence-electron chi connectivity index (χ2n) is 9.20. The Bertz CT molecular complexity index is 1990. The van der Waals surface area contributed by atoms with Crippen LogP contribution in [0, 0.1) is 81.4 Å². The standard InChI is InChI=1S/C26F20/c27-8-2-1(3-9(28)16(35)21(40)17(36)10(3)29)4-6(12(31)23(42)24(43)26(4,45)46)25(44,5(2)11(30)18(37)15(8)34)7-13(32)19(38)22(41)20(39)14(7)33. The maximum atomic E-state index is 17.2. The van der Waals surface area contributed by atoms with E-state index in [4.69, 9.17) is 0 Å². The van der Waals surface area contributed by atoms with Gasteiger partial charge in [-0.25, -0.2) is 79.0 Å². The highest BCUT2D eigenvalue weighted by Crippen LogP contribution is 2.64. The summed E-state index contributed by atoms with van der Waals surface area (Å²) in [6.07, 6.45) is 0. The summed E-state index contributed by atoms with van der Waals surface area (Å²) < 4.78 is 296. The Kier molecular flexibility index (Phi) is 7.14. The first-order chi connectivity index (χ1) is 21.1. The van der Waals surface area contributed by atoms with E-state index in [9.17, 15) is 61.5 Å². The molecule has 1 atom stereocenters. The molecule has 0 heterocycles. The molecule has 0 spiro atoms. The van der Waals surface area contributed by atoms with Gasteiger partial charge in [-0.1, -0.05) is 0 Å². The maximum absolute atomic E-state index is 17.2. The molecular formula is C26F20. The van der Waals surface area contributed by atoms with Gasteiger partial charge < -0.3 is 0 Å². The molecule has 0 saturated heterocycles. The van der Waals surface area contributed by atoms with E-state index in [1.165, 1.54) is 0 Å². The molecule has 0 aliphatic heterocycles. The van der Waals surface area contributed by atoms with E-state index in [1.807, 2.05) is 0 Å². The summed E-state index contributed by atoms with van der Waals surface area (Å²) in [5.41, 5.74) is -28.9. The Labute approximate surface area is 238 Å². The van der Waals surface area contributed by atoms with Crippen LogP contribution >= 0.6 is 0 Å². The highest BCUT2D eigenvalue weighted by molar-refractivity contribution is 5.94. The fourth-order valence-electron chi connectivity index (χ4n) is 5.00. The third-order valence-electron chi connectivity index (χ3n) is 6.91. The van der Waals surface area contributed by atoms with Crippen LogP contribution in [0.2, 0.25) is 0 Å². The first-order valence-electron chi connectivity index (χ1n) is 11.3. The fraction of sp³-hybridized carbons (Fsp3) is 0.0769. The Hall–Kier alpha value is -4.52. The third-order valence-corrected chi connectivity index (χ3v) is 6.91. The summed E-state index contributed by atoms with van der Waals surface area (Å²) >= 11 is 0. The first kappa shape index (κ1) is 32.9. The molecule has 3 aromatic carbocycles. The van der Waals surface area contributed by atoms with Gasteiger partial charge >= 0.3 is 5.92 Å². The normalized spacial score (nSPS) is 19.3. The van der Waals surface area contributed by atoms with Crippen molar-refractivity contribution in [2.24, 2.45) is 0 Å². The van der Waals surface area contributed by atoms with Gasteiger partial charge in [0.1, 0.15) is 0 Å². The SMILES string of the molecule is FC1=C(F)C(F)(F)C2=C(c3c(F)c(F)c(F)c(F)c3F)c3c(F)c(F)c(F)c(F)c3C(F)(c3c(F)c(F)c(F)c(F)c3F)C2=C1F. The van der Waals surface area contributed by atoms with Crippen molar-refractivity contribution in [3.8, 4) is 0 Å². The molecule has 0 N–H and O–H groups in total. The van der Waals surface area contributed by atoms with E-state index >= 15 is 26.3 Å². The van der Waals surface area contributed by atoms with E-state index in [-0.39, 0.29) is 0 Å². The number of benzene rings is 3. The van der Waals surface area contributed by atoms with Crippen molar-refractivity contribution in [3.05, 3.63) is 132 Å². The van der Waals surface area contributed by atoms with Gasteiger partial charge in [-0.05, 0) is 0 Å². The highest BCUT2D eigenvalue weighted by Gasteiger charge is 2.64. The van der Waals surface area contributed by atoms with Gasteiger partial charge in [0.15, 0.2) is 87.1 Å². The molecule has 2 aliphatic carbocycles. The average Bonchev–Trinajstić information content (AvgIpc) is 3.00. The highest BCUT2D eigenvalue weighted by atomic mass is 19.3. The van der Waals surface area contributed by atoms with Gasteiger partial charge in [-0.3, -0.25) is 0 Å². The Balaban J connectivity index is 2.25. The summed E-state index contributed by atoms with van der Waals surface area (Å²) in [6, 6.07) is 0. The predicted octanol–water partition coefficient (Wildman–Crippen LogP) is 9.69. The van der Waals surface area contributed by atoms with Crippen molar-refractivity contribution in [3.63, 3.8) is 0 Å². The van der Waals surface area contributed by atoms with Crippen LogP contribution in [0.15, 0.2) is 28.6 Å². The number of alkyl halides is 3. The van der Waals surface area contributed by atoms with Crippen molar-refractivity contribution >= 4 is 5.57 Å². The fourth-order valence-corrected chi connectivity index (χ4v) is 5.00. The van der Waals surface area contributed by atoms with Crippen LogP contribution < -0.4 is 0 Å². The average molecular weight is 692 g/mol. The summed E-state index contributed by atoms with van der Waals surface area (Å²) in [4.78, 5) is 0. The smallest absolute Gasteiger partial charge is 0.228 e. The van der Waals surface area contributed by atoms with Crippen molar-refractivity contribution in [1.82, 2.24) is 0 Å². The lowest BCUT2D eigenvalue weighted by atomic mass is 9.65. The van der Waals surface area contributed by atoms with E-state index < -0.39 is 149 Å². The topological polar surface area (TPSA) is 0 Å². The molecule has 0 amide bonds. The predicted molar refractivity (Wildman–Crippen MR) is 109 cm³/mol. The minimum Gasteiger partial charge on any atom is -0.228 e. The van der Waals surface area contributed by atoms with Crippen molar-refractivity contribution in [2.75, 3.05) is 0 Å². The summed E-state index contributed by atoms with van der Waals surface area (Å²) in [5, 5.41) is 0. The summed E-state index contributed by atoms with van der Waals surface area (Å²) in [7, 11) is 0. The first-order valence-corrected chi connectivity index (χ1v) is 11.3. The second-order valence-corrected chi connectivity index (χ2v) is 9.20. The van der Waals surface area contributed by atoms with Crippen LogP contribution in [0.5, 0.6) is 0 Å². The number of halogens is 20. The molecule has 0 bridgehead atoms. The molecule has 0 nitrogen and oxygen atoms in total. The number of hydrogen-bond acceptors (Lipinski definition) is 0. The van der Waals surface area contributed by atoms with Crippen LogP contribution in [0.4, 0.5) is 87.8 Å². The molecule has 3 aromatic rings. The molecular weight excluding hydrogens is 692 g/mol. The largest absolute Gasteiger partial charge is 0.328 e. The minimum atomic E-state index is -6.35. The summed E-state index contributed by atoms with van der Waals surface area (Å²) in [6.45, 7) is 0. The monoisotopic (exact) mass is 692 g/mol. The lowest BCUT2D eigenvalue weighted by molar-refractivity contribution is 0.0461. The molecule has 1 unspecified atom stereocenters. The lowest BCUT2D eigenvalue weighted by Gasteiger charge is -2.42. The van der Waals surface area contributed by atoms with Gasteiger partial charge in [0.05, 0.1) is 11.1 Å². The van der Waals surface area contributed by atoms with Gasteiger partial charge in [0.25, 0.3) is 0 Å². The zero-order chi connectivity index (χ0) is 34.9. The van der Waals surface area contributed by atoms with Crippen LogP contribution in [0.3, 0.4) is 0 Å². The minimum absolute atomic E-state index is 3.06. The van der Waals surface area contributed by atoms with E-state index in [0.29, 0.717) is 0 Å². The second kappa shape index (κ2) is 9.99. The molecule has 244 valence electrons. The van der Waals surface area contributed by atoms with Crippen LogP contribution in [0.25, 0.3) is 5.57 Å². The molecule has 2 aliphatic rings. The molecule has 5 rings (SSSR count). The summed E-state index contributed by atoms with van der Waals surface area (Å²) in [5.74, 6) is -64.6. The molecule has 0 radical (unpaired) electrons. The lowest BCUT2D eigenvalue weighted by Crippen LogP contribution is -2.43. The van der Waals surface area contributed by atoms with Gasteiger partial charge in [-0.15, -0.1) is 0 Å². The van der Waals surface area contributed by atoms with Crippen molar-refractivity contribution in [2.45, 2.75) is 11.6 Å². The third kappa shape index (κ3) is 3.71. The quantitative estimate of drug-likeness (QED) is 0.143. The Morgan fingerprint density at radius 2 is 0.630 bits per heavy atom. The van der Waals surface area contributed by atoms with E-state index in [2.05, 4.69) is 0 Å². The van der Waals surface area contributed by atoms with Crippen molar-refractivity contribution < 1.29 is 87.8 Å². The van der Waals surface area contributed by atoms with Crippen molar-refractivity contribution in [1.29, 1.82) is 0 Å². The maximum Gasteiger partial charge on any atom is 0.328 e. The molecule has 20 heteroatoms. The van der Waals surface area contributed by atoms with Gasteiger partial charge in [-0.2, -0.15) is 8.78 Å². The van der Waals surface area contributed by atoms with Gasteiger partial charge in [0, 0.05) is 27.8 Å². The zero-order valence-corrected chi connectivity index (χ0v) is 20.6.